The average molecular weight is 268 g/mol. The van der Waals surface area contributed by atoms with E-state index in [-0.39, 0.29) is 5.97 Å². The summed E-state index contributed by atoms with van der Waals surface area (Å²) in [5.41, 5.74) is 2.23. The van der Waals surface area contributed by atoms with Gasteiger partial charge in [-0.05, 0) is 41.3 Å². The van der Waals surface area contributed by atoms with Crippen molar-refractivity contribution in [2.75, 3.05) is 6.61 Å². The Bertz CT molecular complexity index is 626. The molecular weight excluding hydrogens is 248 g/mol. The molecule has 104 valence electrons. The zero-order chi connectivity index (χ0) is 14.4. The zero-order valence-corrected chi connectivity index (χ0v) is 12.1. The first-order chi connectivity index (χ1) is 9.72. The molecule has 0 unspecified atom stereocenters. The third kappa shape index (κ3) is 3.47. The van der Waals surface area contributed by atoms with E-state index in [1.54, 1.807) is 0 Å². The second-order valence-corrected chi connectivity index (χ2v) is 4.87. The number of ether oxygens (including phenoxy) is 1. The molecule has 0 bridgehead atoms. The van der Waals surface area contributed by atoms with Gasteiger partial charge in [-0.15, -0.1) is 0 Å². The van der Waals surface area contributed by atoms with Gasteiger partial charge in [0, 0.05) is 6.08 Å². The van der Waals surface area contributed by atoms with Gasteiger partial charge in [-0.1, -0.05) is 49.7 Å². The second-order valence-electron chi connectivity index (χ2n) is 4.87. The molecule has 0 atom stereocenters. The number of hydrogen-bond acceptors (Lipinski definition) is 2. The maximum atomic E-state index is 11.6. The van der Waals surface area contributed by atoms with E-state index in [1.807, 2.05) is 18.2 Å². The standard InChI is InChI=1S/C18H20O2/c1-3-4-13-20-18(19)12-11-16-14(2)9-10-15-7-5-6-8-17(15)16/h5-12H,3-4,13H2,1-2H3/b12-11+. The van der Waals surface area contributed by atoms with Crippen LogP contribution in [-0.4, -0.2) is 12.6 Å². The van der Waals surface area contributed by atoms with Crippen molar-refractivity contribution < 1.29 is 9.53 Å². The van der Waals surface area contributed by atoms with Crippen molar-refractivity contribution in [3.8, 4) is 0 Å². The summed E-state index contributed by atoms with van der Waals surface area (Å²) in [7, 11) is 0. The lowest BCUT2D eigenvalue weighted by Gasteiger charge is -2.06. The number of carbonyl (C=O) groups is 1. The van der Waals surface area contributed by atoms with Crippen molar-refractivity contribution in [1.82, 2.24) is 0 Å². The molecule has 0 aliphatic carbocycles. The number of unbranched alkanes of at least 4 members (excludes halogenated alkanes) is 1. The Kier molecular flexibility index (Phi) is 4.94. The van der Waals surface area contributed by atoms with Crippen LogP contribution >= 0.6 is 0 Å². The van der Waals surface area contributed by atoms with Crippen LogP contribution in [-0.2, 0) is 9.53 Å². The van der Waals surface area contributed by atoms with Gasteiger partial charge >= 0.3 is 5.97 Å². The number of esters is 1. The SMILES string of the molecule is CCCCOC(=O)/C=C/c1c(C)ccc2ccccc12. The first kappa shape index (κ1) is 14.3. The normalized spacial score (nSPS) is 11.1. The maximum absolute atomic E-state index is 11.6. The van der Waals surface area contributed by atoms with Crippen LogP contribution in [0.2, 0.25) is 0 Å². The molecule has 0 saturated heterocycles. The van der Waals surface area contributed by atoms with Gasteiger partial charge in [0.2, 0.25) is 0 Å². The van der Waals surface area contributed by atoms with Gasteiger partial charge in [-0.25, -0.2) is 4.79 Å². The quantitative estimate of drug-likeness (QED) is 0.453. The number of fused-ring (bicyclic) bond motifs is 1. The summed E-state index contributed by atoms with van der Waals surface area (Å²) < 4.78 is 5.13. The van der Waals surface area contributed by atoms with Crippen LogP contribution in [0.3, 0.4) is 0 Å². The molecule has 2 nitrogen and oxygen atoms in total. The van der Waals surface area contributed by atoms with Crippen LogP contribution in [0.15, 0.2) is 42.5 Å². The van der Waals surface area contributed by atoms with Gasteiger partial charge < -0.3 is 4.74 Å². The summed E-state index contributed by atoms with van der Waals surface area (Å²) >= 11 is 0. The van der Waals surface area contributed by atoms with Crippen LogP contribution in [0.4, 0.5) is 0 Å². The Balaban J connectivity index is 2.20. The first-order valence-corrected chi connectivity index (χ1v) is 7.05. The molecule has 0 aliphatic heterocycles. The molecule has 0 amide bonds. The minimum absolute atomic E-state index is 0.272. The highest BCUT2D eigenvalue weighted by molar-refractivity contribution is 5.95. The monoisotopic (exact) mass is 268 g/mol. The lowest BCUT2D eigenvalue weighted by Crippen LogP contribution is -2.01. The maximum Gasteiger partial charge on any atom is 0.330 e. The Morgan fingerprint density at radius 2 is 2.00 bits per heavy atom. The van der Waals surface area contributed by atoms with Gasteiger partial charge in [-0.2, -0.15) is 0 Å². The number of hydrogen-bond donors (Lipinski definition) is 0. The van der Waals surface area contributed by atoms with Crippen molar-refractivity contribution in [2.45, 2.75) is 26.7 Å². The number of carbonyl (C=O) groups excluding carboxylic acids is 1. The smallest absolute Gasteiger partial charge is 0.330 e. The number of benzene rings is 2. The van der Waals surface area contributed by atoms with E-state index < -0.39 is 0 Å². The molecule has 0 aromatic heterocycles. The lowest BCUT2D eigenvalue weighted by atomic mass is 9.99. The van der Waals surface area contributed by atoms with E-state index in [0.29, 0.717) is 6.61 Å². The molecule has 0 fully saturated rings. The predicted octanol–water partition coefficient (Wildman–Crippen LogP) is 4.50. The highest BCUT2D eigenvalue weighted by atomic mass is 16.5. The van der Waals surface area contributed by atoms with Crippen molar-refractivity contribution in [2.24, 2.45) is 0 Å². The van der Waals surface area contributed by atoms with Crippen LogP contribution in [0, 0.1) is 6.92 Å². The van der Waals surface area contributed by atoms with Crippen LogP contribution < -0.4 is 0 Å². The van der Waals surface area contributed by atoms with Gasteiger partial charge in [0.15, 0.2) is 0 Å². The largest absolute Gasteiger partial charge is 0.463 e. The number of rotatable bonds is 5. The fourth-order valence-electron chi connectivity index (χ4n) is 2.14. The third-order valence-electron chi connectivity index (χ3n) is 3.32. The Morgan fingerprint density at radius 3 is 2.80 bits per heavy atom. The molecule has 20 heavy (non-hydrogen) atoms. The fraction of sp³-hybridized carbons (Fsp3) is 0.278. The van der Waals surface area contributed by atoms with Crippen molar-refractivity contribution in [3.63, 3.8) is 0 Å². The van der Waals surface area contributed by atoms with Gasteiger partial charge in [0.05, 0.1) is 6.61 Å². The third-order valence-corrected chi connectivity index (χ3v) is 3.32. The summed E-state index contributed by atoms with van der Waals surface area (Å²) in [4.78, 5) is 11.6. The number of aryl methyl sites for hydroxylation is 1. The van der Waals surface area contributed by atoms with Crippen LogP contribution in [0.25, 0.3) is 16.8 Å². The topological polar surface area (TPSA) is 26.3 Å². The molecule has 0 aliphatic rings. The van der Waals surface area contributed by atoms with E-state index >= 15 is 0 Å². The zero-order valence-electron chi connectivity index (χ0n) is 12.1. The van der Waals surface area contributed by atoms with E-state index in [1.165, 1.54) is 11.5 Å². The van der Waals surface area contributed by atoms with E-state index in [9.17, 15) is 4.79 Å². The molecule has 2 aromatic carbocycles. The minimum atomic E-state index is -0.272. The fourth-order valence-corrected chi connectivity index (χ4v) is 2.14. The predicted molar refractivity (Wildman–Crippen MR) is 83.6 cm³/mol. The Morgan fingerprint density at radius 1 is 1.20 bits per heavy atom. The summed E-state index contributed by atoms with van der Waals surface area (Å²) in [6.07, 6.45) is 5.31. The van der Waals surface area contributed by atoms with Crippen molar-refractivity contribution in [3.05, 3.63) is 53.6 Å². The molecule has 0 saturated carbocycles. The second kappa shape index (κ2) is 6.90. The summed E-state index contributed by atoms with van der Waals surface area (Å²) in [5, 5.41) is 2.34. The van der Waals surface area contributed by atoms with Crippen LogP contribution in [0.5, 0.6) is 0 Å². The van der Waals surface area contributed by atoms with Gasteiger partial charge in [0.25, 0.3) is 0 Å². The van der Waals surface area contributed by atoms with E-state index in [0.717, 1.165) is 29.4 Å². The lowest BCUT2D eigenvalue weighted by molar-refractivity contribution is -0.137. The first-order valence-electron chi connectivity index (χ1n) is 7.05. The highest BCUT2D eigenvalue weighted by Gasteiger charge is 2.02. The molecule has 2 heteroatoms. The Hall–Kier alpha value is -2.09. The average Bonchev–Trinajstić information content (AvgIpc) is 2.46. The van der Waals surface area contributed by atoms with E-state index in [2.05, 4.69) is 38.1 Å². The molecule has 0 radical (unpaired) electrons. The summed E-state index contributed by atoms with van der Waals surface area (Å²) in [6.45, 7) is 4.62. The Labute approximate surface area is 120 Å². The molecular formula is C18H20O2. The molecule has 0 heterocycles. The molecule has 2 aromatic rings. The van der Waals surface area contributed by atoms with Gasteiger partial charge in [0.1, 0.15) is 0 Å². The molecule has 0 spiro atoms. The minimum Gasteiger partial charge on any atom is -0.463 e. The summed E-state index contributed by atoms with van der Waals surface area (Å²) in [5.74, 6) is -0.272. The summed E-state index contributed by atoms with van der Waals surface area (Å²) in [6, 6.07) is 12.4. The molecule has 2 rings (SSSR count). The van der Waals surface area contributed by atoms with E-state index in [4.69, 9.17) is 4.74 Å². The molecule has 0 N–H and O–H groups in total. The highest BCUT2D eigenvalue weighted by Crippen LogP contribution is 2.23. The van der Waals surface area contributed by atoms with Crippen molar-refractivity contribution in [1.29, 1.82) is 0 Å². The van der Waals surface area contributed by atoms with Crippen LogP contribution in [0.1, 0.15) is 30.9 Å². The van der Waals surface area contributed by atoms with Crippen molar-refractivity contribution >= 4 is 22.8 Å². The van der Waals surface area contributed by atoms with Gasteiger partial charge in [-0.3, -0.25) is 0 Å².